The van der Waals surface area contributed by atoms with Crippen molar-refractivity contribution in [3.8, 4) is 0 Å². The molecular formula is C25H31NO7. The fraction of sp³-hybridized carbons (Fsp3) is 0.520. The monoisotopic (exact) mass is 457 g/mol. The lowest BCUT2D eigenvalue weighted by atomic mass is 9.99. The first kappa shape index (κ1) is 24.9. The van der Waals surface area contributed by atoms with Crippen LogP contribution in [0.25, 0.3) is 0 Å². The summed E-state index contributed by atoms with van der Waals surface area (Å²) in [5.74, 6) is -1.14. The molecule has 8 nitrogen and oxygen atoms in total. The summed E-state index contributed by atoms with van der Waals surface area (Å²) >= 11 is 0. The topological polar surface area (TPSA) is 97.1 Å². The summed E-state index contributed by atoms with van der Waals surface area (Å²) in [6.07, 6.45) is 1.56. The number of hydrogen-bond acceptors (Lipinski definition) is 7. The molecule has 33 heavy (non-hydrogen) atoms. The highest BCUT2D eigenvalue weighted by Gasteiger charge is 2.42. The van der Waals surface area contributed by atoms with Crippen LogP contribution in [0.2, 0.25) is 0 Å². The first-order valence-corrected chi connectivity index (χ1v) is 11.0. The van der Waals surface area contributed by atoms with E-state index < -0.39 is 22.8 Å². The SMILES string of the molecule is C=C=C(C)C[C@H](CCC1O[C@@H]([C@H]2COC(C)(C)O2)CC1=C)OC(=O)c1ccc([N+](=O)[O-])cc1. The van der Waals surface area contributed by atoms with Gasteiger partial charge >= 0.3 is 5.97 Å². The molecule has 2 aliphatic rings. The first-order valence-electron chi connectivity index (χ1n) is 11.0. The lowest BCUT2D eigenvalue weighted by Crippen LogP contribution is -2.31. The summed E-state index contributed by atoms with van der Waals surface area (Å²) in [7, 11) is 0. The van der Waals surface area contributed by atoms with Crippen LogP contribution in [0.1, 0.15) is 56.8 Å². The maximum absolute atomic E-state index is 12.6. The van der Waals surface area contributed by atoms with Gasteiger partial charge in [-0.3, -0.25) is 10.1 Å². The second-order valence-corrected chi connectivity index (χ2v) is 8.96. The van der Waals surface area contributed by atoms with Gasteiger partial charge in [0, 0.05) is 18.6 Å². The van der Waals surface area contributed by atoms with E-state index >= 15 is 0 Å². The summed E-state index contributed by atoms with van der Waals surface area (Å²) in [5, 5.41) is 10.8. The van der Waals surface area contributed by atoms with Crippen LogP contribution < -0.4 is 0 Å². The minimum Gasteiger partial charge on any atom is -0.458 e. The van der Waals surface area contributed by atoms with E-state index in [1.807, 2.05) is 20.8 Å². The van der Waals surface area contributed by atoms with Crippen LogP contribution >= 0.6 is 0 Å². The fourth-order valence-corrected chi connectivity index (χ4v) is 4.03. The minimum atomic E-state index is -0.612. The lowest BCUT2D eigenvalue weighted by molar-refractivity contribution is -0.384. The van der Waals surface area contributed by atoms with Crippen molar-refractivity contribution in [2.24, 2.45) is 0 Å². The number of esters is 1. The van der Waals surface area contributed by atoms with Gasteiger partial charge in [-0.05, 0) is 63.3 Å². The van der Waals surface area contributed by atoms with Crippen molar-refractivity contribution in [2.75, 3.05) is 6.61 Å². The van der Waals surface area contributed by atoms with Gasteiger partial charge in [0.1, 0.15) is 12.2 Å². The molecule has 1 unspecified atom stereocenters. The van der Waals surface area contributed by atoms with Gasteiger partial charge in [0.2, 0.25) is 0 Å². The zero-order valence-corrected chi connectivity index (χ0v) is 19.4. The number of nitrogens with zero attached hydrogens (tertiary/aromatic N) is 1. The molecule has 0 saturated carbocycles. The molecule has 8 heteroatoms. The number of nitro benzene ring substituents is 1. The number of benzene rings is 1. The summed E-state index contributed by atoms with van der Waals surface area (Å²) in [6.45, 7) is 14.0. The highest BCUT2D eigenvalue weighted by molar-refractivity contribution is 5.89. The highest BCUT2D eigenvalue weighted by Crippen LogP contribution is 2.35. The van der Waals surface area contributed by atoms with Crippen molar-refractivity contribution in [1.29, 1.82) is 0 Å². The van der Waals surface area contributed by atoms with E-state index in [2.05, 4.69) is 18.9 Å². The molecule has 1 aromatic carbocycles. The highest BCUT2D eigenvalue weighted by atomic mass is 16.7. The van der Waals surface area contributed by atoms with Crippen molar-refractivity contribution < 1.29 is 28.7 Å². The van der Waals surface area contributed by atoms with Crippen molar-refractivity contribution >= 4 is 11.7 Å². The molecule has 3 rings (SSSR count). The summed E-state index contributed by atoms with van der Waals surface area (Å²) in [6, 6.07) is 5.36. The van der Waals surface area contributed by atoms with Gasteiger partial charge in [-0.1, -0.05) is 13.2 Å². The predicted octanol–water partition coefficient (Wildman–Crippen LogP) is 4.89. The van der Waals surface area contributed by atoms with E-state index in [0.29, 0.717) is 32.3 Å². The van der Waals surface area contributed by atoms with E-state index in [1.54, 1.807) is 0 Å². The molecule has 0 aromatic heterocycles. The van der Waals surface area contributed by atoms with Crippen molar-refractivity contribution in [3.05, 3.63) is 70.0 Å². The Morgan fingerprint density at radius 1 is 1.33 bits per heavy atom. The Bertz CT molecular complexity index is 946. The predicted molar refractivity (Wildman–Crippen MR) is 122 cm³/mol. The number of non-ortho nitro benzene ring substituents is 1. The second kappa shape index (κ2) is 10.4. The van der Waals surface area contributed by atoms with Gasteiger partial charge in [-0.2, -0.15) is 0 Å². The van der Waals surface area contributed by atoms with Gasteiger partial charge < -0.3 is 18.9 Å². The van der Waals surface area contributed by atoms with Crippen molar-refractivity contribution in [1.82, 2.24) is 0 Å². The van der Waals surface area contributed by atoms with Crippen molar-refractivity contribution in [2.45, 2.75) is 76.7 Å². The smallest absolute Gasteiger partial charge is 0.338 e. The largest absolute Gasteiger partial charge is 0.458 e. The van der Waals surface area contributed by atoms with Gasteiger partial charge in [-0.25, -0.2) is 4.79 Å². The van der Waals surface area contributed by atoms with Crippen molar-refractivity contribution in [3.63, 3.8) is 0 Å². The first-order chi connectivity index (χ1) is 15.6. The second-order valence-electron chi connectivity index (χ2n) is 8.96. The molecular weight excluding hydrogens is 426 g/mol. The van der Waals surface area contributed by atoms with Crippen LogP contribution in [0.4, 0.5) is 5.69 Å². The average molecular weight is 458 g/mol. The molecule has 2 heterocycles. The Morgan fingerprint density at radius 3 is 2.61 bits per heavy atom. The Hall–Kier alpha value is -2.77. The minimum absolute atomic E-state index is 0.0833. The van der Waals surface area contributed by atoms with Crippen LogP contribution in [0.3, 0.4) is 0 Å². The summed E-state index contributed by atoms with van der Waals surface area (Å²) < 4.78 is 23.5. The zero-order chi connectivity index (χ0) is 24.2. The Balaban J connectivity index is 1.59. The Kier molecular flexibility index (Phi) is 7.87. The van der Waals surface area contributed by atoms with E-state index in [1.165, 1.54) is 24.3 Å². The summed E-state index contributed by atoms with van der Waals surface area (Å²) in [4.78, 5) is 23.0. The zero-order valence-electron chi connectivity index (χ0n) is 19.4. The molecule has 0 radical (unpaired) electrons. The molecule has 0 bridgehead atoms. The van der Waals surface area contributed by atoms with E-state index in [4.69, 9.17) is 18.9 Å². The molecule has 0 amide bonds. The van der Waals surface area contributed by atoms with Crippen LogP contribution in [0, 0.1) is 10.1 Å². The Morgan fingerprint density at radius 2 is 2.03 bits per heavy atom. The van der Waals surface area contributed by atoms with Crippen LogP contribution in [-0.4, -0.2) is 47.7 Å². The van der Waals surface area contributed by atoms with E-state index in [9.17, 15) is 14.9 Å². The molecule has 0 spiro atoms. The number of hydrogen-bond donors (Lipinski definition) is 0. The van der Waals surface area contributed by atoms with Gasteiger partial charge in [0.05, 0.1) is 29.3 Å². The standard InChI is InChI=1S/C25H31NO7/c1-6-16(2)13-20(31-24(27)18-7-9-19(10-8-18)26(28)29)11-12-21-17(3)14-22(32-21)23-15-30-25(4,5)33-23/h7-10,20-23H,1,3,11-15H2,2,4-5H3/t20-,21?,22+,23+/m0/s1. The van der Waals surface area contributed by atoms with E-state index in [-0.39, 0.29) is 29.6 Å². The maximum Gasteiger partial charge on any atom is 0.338 e. The Labute approximate surface area is 194 Å². The number of carbonyl (C=O) groups excluding carboxylic acids is 1. The number of carbonyl (C=O) groups is 1. The van der Waals surface area contributed by atoms with E-state index in [0.717, 1.165) is 11.1 Å². The third-order valence-corrected chi connectivity index (χ3v) is 5.88. The maximum atomic E-state index is 12.6. The number of ether oxygens (including phenoxy) is 4. The quantitative estimate of drug-likeness (QED) is 0.171. The van der Waals surface area contributed by atoms with Crippen LogP contribution in [0.5, 0.6) is 0 Å². The molecule has 2 aliphatic heterocycles. The summed E-state index contributed by atoms with van der Waals surface area (Å²) in [5.41, 5.74) is 4.88. The molecule has 2 fully saturated rings. The normalized spacial score (nSPS) is 24.8. The third kappa shape index (κ3) is 6.62. The fourth-order valence-electron chi connectivity index (χ4n) is 4.03. The van der Waals surface area contributed by atoms with Gasteiger partial charge in [0.25, 0.3) is 5.69 Å². The molecule has 4 atom stereocenters. The molecule has 178 valence electrons. The third-order valence-electron chi connectivity index (χ3n) is 5.88. The van der Waals surface area contributed by atoms with Crippen LogP contribution in [-0.2, 0) is 18.9 Å². The average Bonchev–Trinajstić information content (AvgIpc) is 3.33. The lowest BCUT2D eigenvalue weighted by Gasteiger charge is -2.22. The molecule has 0 N–H and O–H groups in total. The number of rotatable bonds is 9. The van der Waals surface area contributed by atoms with Crippen LogP contribution in [0.15, 0.2) is 54.3 Å². The van der Waals surface area contributed by atoms with Gasteiger partial charge in [0.15, 0.2) is 5.79 Å². The molecule has 1 aromatic rings. The number of nitro groups is 1. The molecule has 0 aliphatic carbocycles. The molecule has 2 saturated heterocycles. The van der Waals surface area contributed by atoms with Gasteiger partial charge in [-0.15, -0.1) is 5.73 Å².